The van der Waals surface area contributed by atoms with Crippen molar-refractivity contribution in [2.75, 3.05) is 6.54 Å². The summed E-state index contributed by atoms with van der Waals surface area (Å²) < 4.78 is 26.6. The topological polar surface area (TPSA) is 29.1 Å². The monoisotopic (exact) mass is 225 g/mol. The van der Waals surface area contributed by atoms with Crippen molar-refractivity contribution in [1.29, 1.82) is 0 Å². The fourth-order valence-corrected chi connectivity index (χ4v) is 1.48. The van der Waals surface area contributed by atoms with Gasteiger partial charge < -0.3 is 5.32 Å². The summed E-state index contributed by atoms with van der Waals surface area (Å²) >= 11 is 0. The maximum Gasteiger partial charge on any atom is 0.179 e. The van der Waals surface area contributed by atoms with Crippen molar-refractivity contribution < 1.29 is 13.6 Å². The quantitative estimate of drug-likeness (QED) is 0.796. The van der Waals surface area contributed by atoms with E-state index in [1.807, 2.05) is 0 Å². The second-order valence-corrected chi connectivity index (χ2v) is 4.14. The van der Waals surface area contributed by atoms with Gasteiger partial charge in [-0.3, -0.25) is 4.79 Å². The van der Waals surface area contributed by atoms with E-state index in [1.54, 1.807) is 0 Å². The molecule has 0 bridgehead atoms. The van der Waals surface area contributed by atoms with E-state index in [0.29, 0.717) is 6.04 Å². The predicted octanol–water partition coefficient (Wildman–Crippen LogP) is 2.21. The lowest BCUT2D eigenvalue weighted by Gasteiger charge is -2.05. The van der Waals surface area contributed by atoms with Crippen LogP contribution in [-0.2, 0) is 0 Å². The average Bonchev–Trinajstić information content (AvgIpc) is 3.07. The smallest absolute Gasteiger partial charge is 0.179 e. The zero-order valence-electron chi connectivity index (χ0n) is 9.02. The molecule has 4 heteroatoms. The number of nitrogens with one attached hydrogen (secondary N) is 1. The van der Waals surface area contributed by atoms with Crippen LogP contribution >= 0.6 is 0 Å². The lowest BCUT2D eigenvalue weighted by atomic mass is 10.1. The molecule has 1 fully saturated rings. The Labute approximate surface area is 92.7 Å². The summed E-state index contributed by atoms with van der Waals surface area (Å²) in [6, 6.07) is 3.13. The summed E-state index contributed by atoms with van der Waals surface area (Å²) in [4.78, 5) is 11.6. The van der Waals surface area contributed by atoms with Gasteiger partial charge in [0.15, 0.2) is 17.4 Å². The molecule has 0 saturated heterocycles. The van der Waals surface area contributed by atoms with Crippen LogP contribution in [0.3, 0.4) is 0 Å². The van der Waals surface area contributed by atoms with Gasteiger partial charge in [0.1, 0.15) is 0 Å². The lowest BCUT2D eigenvalue weighted by molar-refractivity contribution is 0.0985. The summed E-state index contributed by atoms with van der Waals surface area (Å²) in [5.74, 6) is -2.37. The maximum atomic E-state index is 13.4. The molecule has 86 valence electrons. The summed E-state index contributed by atoms with van der Waals surface area (Å²) in [6.07, 6.45) is 2.11. The molecule has 1 aliphatic rings. The Morgan fingerprint density at radius 1 is 1.38 bits per heavy atom. The van der Waals surface area contributed by atoms with Crippen LogP contribution in [0.2, 0.25) is 0 Å². The fourth-order valence-electron chi connectivity index (χ4n) is 1.48. The van der Waals surface area contributed by atoms with E-state index in [0.717, 1.165) is 12.8 Å². The Morgan fingerprint density at radius 2 is 2.06 bits per heavy atom. The van der Waals surface area contributed by atoms with Crippen LogP contribution in [0.25, 0.3) is 0 Å². The van der Waals surface area contributed by atoms with Crippen molar-refractivity contribution in [2.45, 2.75) is 25.8 Å². The number of halogens is 2. The van der Waals surface area contributed by atoms with Crippen LogP contribution in [-0.4, -0.2) is 18.4 Å². The van der Waals surface area contributed by atoms with Crippen LogP contribution in [0.15, 0.2) is 12.1 Å². The second-order valence-electron chi connectivity index (χ2n) is 4.14. The van der Waals surface area contributed by atoms with Crippen molar-refractivity contribution in [3.63, 3.8) is 0 Å². The van der Waals surface area contributed by atoms with E-state index in [1.165, 1.54) is 19.1 Å². The highest BCUT2D eigenvalue weighted by Gasteiger charge is 2.23. The Bertz CT molecular complexity index is 427. The second kappa shape index (κ2) is 4.29. The first kappa shape index (κ1) is 11.2. The summed E-state index contributed by atoms with van der Waals surface area (Å²) in [5.41, 5.74) is 0.0421. The van der Waals surface area contributed by atoms with E-state index in [9.17, 15) is 13.6 Å². The van der Waals surface area contributed by atoms with Gasteiger partial charge in [0.05, 0.1) is 12.1 Å². The molecular formula is C12H13F2NO. The number of rotatable bonds is 4. The molecule has 2 nitrogen and oxygen atoms in total. The van der Waals surface area contributed by atoms with Gasteiger partial charge >= 0.3 is 0 Å². The molecule has 0 atom stereocenters. The minimum absolute atomic E-state index is 0.0735. The van der Waals surface area contributed by atoms with Crippen molar-refractivity contribution in [3.05, 3.63) is 34.9 Å². The highest BCUT2D eigenvalue weighted by molar-refractivity contribution is 5.98. The van der Waals surface area contributed by atoms with Gasteiger partial charge in [-0.05, 0) is 31.4 Å². The Kier molecular flexibility index (Phi) is 3.01. The molecule has 1 aromatic rings. The summed E-state index contributed by atoms with van der Waals surface area (Å²) in [6.45, 7) is 1.54. The molecule has 0 aliphatic heterocycles. The number of carbonyl (C=O) groups excluding carboxylic acids is 1. The summed E-state index contributed by atoms with van der Waals surface area (Å²) in [5, 5.41) is 2.98. The molecule has 0 radical (unpaired) electrons. The Morgan fingerprint density at radius 3 is 2.69 bits per heavy atom. The third kappa shape index (κ3) is 2.27. The first-order chi connectivity index (χ1) is 7.59. The SMILES string of the molecule is Cc1ccc(C(=O)CNC2CC2)c(F)c1F. The zero-order valence-corrected chi connectivity index (χ0v) is 9.02. The van der Waals surface area contributed by atoms with E-state index in [4.69, 9.17) is 0 Å². The number of carbonyl (C=O) groups is 1. The molecule has 0 amide bonds. The van der Waals surface area contributed by atoms with E-state index < -0.39 is 17.4 Å². The minimum atomic E-state index is -1.04. The molecular weight excluding hydrogens is 212 g/mol. The van der Waals surface area contributed by atoms with Gasteiger partial charge in [0.25, 0.3) is 0 Å². The molecule has 16 heavy (non-hydrogen) atoms. The lowest BCUT2D eigenvalue weighted by Crippen LogP contribution is -2.25. The van der Waals surface area contributed by atoms with Gasteiger partial charge in [0, 0.05) is 6.04 Å². The van der Waals surface area contributed by atoms with E-state index in [-0.39, 0.29) is 17.7 Å². The largest absolute Gasteiger partial charge is 0.307 e. The van der Waals surface area contributed by atoms with E-state index >= 15 is 0 Å². The molecule has 0 aromatic heterocycles. The number of Topliss-reactive ketones (excluding diaryl/α,β-unsaturated/α-hetero) is 1. The van der Waals surface area contributed by atoms with Crippen LogP contribution in [0.5, 0.6) is 0 Å². The normalized spacial score (nSPS) is 15.2. The Hall–Kier alpha value is -1.29. The van der Waals surface area contributed by atoms with Crippen molar-refractivity contribution in [2.24, 2.45) is 0 Å². The number of benzene rings is 1. The number of hydrogen-bond acceptors (Lipinski definition) is 2. The summed E-state index contributed by atoms with van der Waals surface area (Å²) in [7, 11) is 0. The van der Waals surface area contributed by atoms with Gasteiger partial charge in [0.2, 0.25) is 0 Å². The van der Waals surface area contributed by atoms with Crippen LogP contribution in [0, 0.1) is 18.6 Å². The van der Waals surface area contributed by atoms with Gasteiger partial charge in [-0.2, -0.15) is 0 Å². The molecule has 1 aliphatic carbocycles. The minimum Gasteiger partial charge on any atom is -0.307 e. The van der Waals surface area contributed by atoms with Gasteiger partial charge in [-0.25, -0.2) is 8.78 Å². The highest BCUT2D eigenvalue weighted by Crippen LogP contribution is 2.19. The molecule has 0 spiro atoms. The maximum absolute atomic E-state index is 13.4. The molecule has 1 N–H and O–H groups in total. The standard InChI is InChI=1S/C12H13F2NO/c1-7-2-5-9(12(14)11(7)13)10(16)6-15-8-3-4-8/h2,5,8,15H,3-4,6H2,1H3. The molecule has 1 saturated carbocycles. The first-order valence-electron chi connectivity index (χ1n) is 5.31. The molecule has 0 unspecified atom stereocenters. The third-order valence-electron chi connectivity index (χ3n) is 2.70. The van der Waals surface area contributed by atoms with Crippen molar-refractivity contribution >= 4 is 5.78 Å². The van der Waals surface area contributed by atoms with Crippen LogP contribution < -0.4 is 5.32 Å². The first-order valence-corrected chi connectivity index (χ1v) is 5.31. The highest BCUT2D eigenvalue weighted by atomic mass is 19.2. The van der Waals surface area contributed by atoms with Crippen molar-refractivity contribution in [1.82, 2.24) is 5.32 Å². The predicted molar refractivity (Wildman–Crippen MR) is 56.5 cm³/mol. The Balaban J connectivity index is 2.12. The van der Waals surface area contributed by atoms with E-state index in [2.05, 4.69) is 5.32 Å². The van der Waals surface area contributed by atoms with Crippen molar-refractivity contribution in [3.8, 4) is 0 Å². The van der Waals surface area contributed by atoms with Crippen LogP contribution in [0.4, 0.5) is 8.78 Å². The molecule has 2 rings (SSSR count). The molecule has 1 aromatic carbocycles. The van der Waals surface area contributed by atoms with Gasteiger partial charge in [-0.15, -0.1) is 0 Å². The number of aryl methyl sites for hydroxylation is 1. The third-order valence-corrected chi connectivity index (χ3v) is 2.70. The van der Waals surface area contributed by atoms with Crippen LogP contribution in [0.1, 0.15) is 28.8 Å². The fraction of sp³-hybridized carbons (Fsp3) is 0.417. The zero-order chi connectivity index (χ0) is 11.7. The van der Waals surface area contributed by atoms with Gasteiger partial charge in [-0.1, -0.05) is 6.07 Å². The number of ketones is 1. The number of hydrogen-bond donors (Lipinski definition) is 1. The average molecular weight is 225 g/mol. The molecule has 0 heterocycles.